The molecule has 6 heteroatoms. The molecule has 0 aliphatic heterocycles. The quantitative estimate of drug-likeness (QED) is 0.176. The summed E-state index contributed by atoms with van der Waals surface area (Å²) in [6, 6.07) is 30.0. The number of aryl methyl sites for hydroxylation is 1. The molecule has 4 aromatic carbocycles. The van der Waals surface area contributed by atoms with Crippen molar-refractivity contribution in [2.24, 2.45) is 0 Å². The Labute approximate surface area is 255 Å². The molecule has 0 saturated heterocycles. The van der Waals surface area contributed by atoms with E-state index in [0.717, 1.165) is 33.2 Å². The summed E-state index contributed by atoms with van der Waals surface area (Å²) in [4.78, 5) is 26.0. The highest BCUT2D eigenvalue weighted by Gasteiger charge is 2.21. The van der Waals surface area contributed by atoms with Crippen molar-refractivity contribution in [2.45, 2.75) is 59.7 Å². The fourth-order valence-corrected chi connectivity index (χ4v) is 5.43. The van der Waals surface area contributed by atoms with E-state index in [1.165, 1.54) is 16.7 Å². The predicted octanol–water partition coefficient (Wildman–Crippen LogP) is 6.68. The lowest BCUT2D eigenvalue weighted by Crippen LogP contribution is -2.26. The standard InChI is InChI=1S/C37H39BN2O3/c1-23-25(3)40(34-20-17-29(21-33(23)34)35(41)39-24(2)27-15-18-30(38)19-16-27)22-26-11-13-28(14-12-26)31-9-7-8-10-32(31)36(42)43-37(4,5)6/h7-21,24H,22,38H2,1-6H3,(H,39,41)/t24-/m1/s1. The Morgan fingerprint density at radius 3 is 2.26 bits per heavy atom. The van der Waals surface area contributed by atoms with Crippen LogP contribution < -0.4 is 10.8 Å². The van der Waals surface area contributed by atoms with Crippen molar-refractivity contribution < 1.29 is 14.3 Å². The SMILES string of the molecule is Bc1ccc([C@@H](C)NC(=O)c2ccc3c(c2)c(C)c(C)n3Cc2ccc(-c3ccccc3C(=O)OC(C)(C)C)cc2)cc1. The monoisotopic (exact) mass is 570 g/mol. The first-order chi connectivity index (χ1) is 20.4. The maximum absolute atomic E-state index is 13.2. The molecule has 218 valence electrons. The van der Waals surface area contributed by atoms with Gasteiger partial charge in [0.15, 0.2) is 0 Å². The molecule has 1 heterocycles. The van der Waals surface area contributed by atoms with Crippen molar-refractivity contribution >= 4 is 36.1 Å². The Hall–Kier alpha value is -4.58. The molecule has 0 aliphatic rings. The van der Waals surface area contributed by atoms with E-state index >= 15 is 0 Å². The number of nitrogens with one attached hydrogen (secondary N) is 1. The number of fused-ring (bicyclic) bond motifs is 1. The summed E-state index contributed by atoms with van der Waals surface area (Å²) in [5.41, 5.74) is 9.31. The lowest BCUT2D eigenvalue weighted by Gasteiger charge is -2.20. The maximum Gasteiger partial charge on any atom is 0.339 e. The van der Waals surface area contributed by atoms with Crippen LogP contribution in [-0.4, -0.2) is 29.9 Å². The number of hydrogen-bond donors (Lipinski definition) is 1. The van der Waals surface area contributed by atoms with E-state index in [1.54, 1.807) is 0 Å². The molecule has 0 fully saturated rings. The summed E-state index contributed by atoms with van der Waals surface area (Å²) < 4.78 is 7.94. The van der Waals surface area contributed by atoms with Crippen LogP contribution in [0.15, 0.2) is 91.0 Å². The Kier molecular flexibility index (Phi) is 8.32. The fraction of sp³-hybridized carbons (Fsp3) is 0.243. The average molecular weight is 571 g/mol. The van der Waals surface area contributed by atoms with Gasteiger partial charge in [0.25, 0.3) is 5.91 Å². The molecular weight excluding hydrogens is 531 g/mol. The molecule has 43 heavy (non-hydrogen) atoms. The molecule has 0 radical (unpaired) electrons. The third kappa shape index (κ3) is 6.59. The van der Waals surface area contributed by atoms with Gasteiger partial charge in [-0.2, -0.15) is 0 Å². The molecule has 5 aromatic rings. The number of hydrogen-bond acceptors (Lipinski definition) is 3. The van der Waals surface area contributed by atoms with Crippen LogP contribution in [0.25, 0.3) is 22.0 Å². The summed E-state index contributed by atoms with van der Waals surface area (Å²) >= 11 is 0. The first kappa shape index (κ1) is 29.9. The van der Waals surface area contributed by atoms with Crippen LogP contribution in [0.2, 0.25) is 0 Å². The van der Waals surface area contributed by atoms with Gasteiger partial charge >= 0.3 is 5.97 Å². The van der Waals surface area contributed by atoms with E-state index in [0.29, 0.717) is 17.7 Å². The van der Waals surface area contributed by atoms with Gasteiger partial charge in [-0.15, -0.1) is 0 Å². The second kappa shape index (κ2) is 12.0. The van der Waals surface area contributed by atoms with Crippen LogP contribution in [0.3, 0.4) is 0 Å². The van der Waals surface area contributed by atoms with E-state index in [2.05, 4.69) is 80.1 Å². The highest BCUT2D eigenvalue weighted by Crippen LogP contribution is 2.29. The fourth-order valence-electron chi connectivity index (χ4n) is 5.43. The molecule has 5 nitrogen and oxygen atoms in total. The zero-order chi connectivity index (χ0) is 30.9. The largest absolute Gasteiger partial charge is 0.456 e. The number of amides is 1. The molecule has 0 saturated carbocycles. The minimum atomic E-state index is -0.562. The molecule has 0 aliphatic carbocycles. The van der Waals surface area contributed by atoms with Crippen molar-refractivity contribution in [1.29, 1.82) is 0 Å². The minimum absolute atomic E-state index is 0.0815. The van der Waals surface area contributed by atoms with Crippen LogP contribution >= 0.6 is 0 Å². The number of nitrogens with zero attached hydrogens (tertiary/aromatic N) is 1. The summed E-state index contributed by atoms with van der Waals surface area (Å²) in [6.07, 6.45) is 0. The zero-order valence-electron chi connectivity index (χ0n) is 26.1. The molecule has 1 amide bonds. The van der Waals surface area contributed by atoms with E-state index in [4.69, 9.17) is 4.74 Å². The number of ether oxygens (including phenoxy) is 1. The topological polar surface area (TPSA) is 60.3 Å². The first-order valence-corrected chi connectivity index (χ1v) is 14.8. The maximum atomic E-state index is 13.2. The van der Waals surface area contributed by atoms with Gasteiger partial charge in [-0.05, 0) is 93.6 Å². The van der Waals surface area contributed by atoms with E-state index in [-0.39, 0.29) is 17.9 Å². The number of benzene rings is 4. The molecular formula is C37H39BN2O3. The molecule has 0 bridgehead atoms. The van der Waals surface area contributed by atoms with E-state index < -0.39 is 5.60 Å². The molecule has 0 spiro atoms. The second-order valence-electron chi connectivity index (χ2n) is 12.4. The zero-order valence-corrected chi connectivity index (χ0v) is 26.1. The Balaban J connectivity index is 1.36. The van der Waals surface area contributed by atoms with Gasteiger partial charge in [0, 0.05) is 28.7 Å². The molecule has 5 rings (SSSR count). The Morgan fingerprint density at radius 1 is 0.907 bits per heavy atom. The van der Waals surface area contributed by atoms with Crippen molar-refractivity contribution in [3.63, 3.8) is 0 Å². The molecule has 1 N–H and O–H groups in total. The van der Waals surface area contributed by atoms with Crippen LogP contribution in [0.1, 0.15) is 76.8 Å². The summed E-state index contributed by atoms with van der Waals surface area (Å²) in [7, 11) is 2.06. The van der Waals surface area contributed by atoms with Crippen LogP contribution in [-0.2, 0) is 11.3 Å². The van der Waals surface area contributed by atoms with Gasteiger partial charge in [-0.1, -0.05) is 72.2 Å². The molecule has 1 aromatic heterocycles. The molecule has 0 unspecified atom stereocenters. The number of esters is 1. The van der Waals surface area contributed by atoms with Gasteiger partial charge in [0.2, 0.25) is 0 Å². The van der Waals surface area contributed by atoms with Gasteiger partial charge < -0.3 is 14.6 Å². The van der Waals surface area contributed by atoms with Crippen LogP contribution in [0, 0.1) is 13.8 Å². The van der Waals surface area contributed by atoms with Crippen molar-refractivity contribution in [2.75, 3.05) is 0 Å². The van der Waals surface area contributed by atoms with Gasteiger partial charge in [0.1, 0.15) is 13.4 Å². The lowest BCUT2D eigenvalue weighted by molar-refractivity contribution is 0.00703. The third-order valence-electron chi connectivity index (χ3n) is 7.98. The number of carbonyl (C=O) groups is 2. The summed E-state index contributed by atoms with van der Waals surface area (Å²) in [5, 5.41) is 4.22. The third-order valence-corrected chi connectivity index (χ3v) is 7.98. The van der Waals surface area contributed by atoms with Crippen LogP contribution in [0.4, 0.5) is 0 Å². The van der Waals surface area contributed by atoms with E-state index in [9.17, 15) is 9.59 Å². The molecule has 1 atom stereocenters. The minimum Gasteiger partial charge on any atom is -0.456 e. The predicted molar refractivity (Wildman–Crippen MR) is 178 cm³/mol. The normalized spacial score (nSPS) is 12.2. The summed E-state index contributed by atoms with van der Waals surface area (Å²) in [6.45, 7) is 12.6. The van der Waals surface area contributed by atoms with Gasteiger partial charge in [-0.3, -0.25) is 4.79 Å². The highest BCUT2D eigenvalue weighted by atomic mass is 16.6. The van der Waals surface area contributed by atoms with Crippen molar-refractivity contribution in [1.82, 2.24) is 9.88 Å². The highest BCUT2D eigenvalue weighted by molar-refractivity contribution is 6.32. The van der Waals surface area contributed by atoms with Crippen LogP contribution in [0.5, 0.6) is 0 Å². The Bertz CT molecular complexity index is 1800. The van der Waals surface area contributed by atoms with E-state index in [1.807, 2.05) is 70.2 Å². The van der Waals surface area contributed by atoms with Crippen molar-refractivity contribution in [3.05, 3.63) is 125 Å². The second-order valence-corrected chi connectivity index (χ2v) is 12.4. The first-order valence-electron chi connectivity index (χ1n) is 14.8. The lowest BCUT2D eigenvalue weighted by atomic mass is 9.94. The van der Waals surface area contributed by atoms with Gasteiger partial charge in [0.05, 0.1) is 11.6 Å². The van der Waals surface area contributed by atoms with Gasteiger partial charge in [-0.25, -0.2) is 4.79 Å². The van der Waals surface area contributed by atoms with Crippen molar-refractivity contribution in [3.8, 4) is 11.1 Å². The Morgan fingerprint density at radius 2 is 1.58 bits per heavy atom. The number of rotatable bonds is 7. The summed E-state index contributed by atoms with van der Waals surface area (Å²) in [5.74, 6) is -0.406. The number of aromatic nitrogens is 1. The smallest absolute Gasteiger partial charge is 0.339 e. The average Bonchev–Trinajstić information content (AvgIpc) is 3.21. The number of carbonyl (C=O) groups excluding carboxylic acids is 2.